The molecule has 0 radical (unpaired) electrons. The van der Waals surface area contributed by atoms with Crippen molar-refractivity contribution in [2.45, 2.75) is 25.8 Å². The maximum atomic E-state index is 6.03. The molecule has 1 N–H and O–H groups in total. The van der Waals surface area contributed by atoms with E-state index in [1.807, 2.05) is 6.07 Å². The van der Waals surface area contributed by atoms with E-state index >= 15 is 0 Å². The van der Waals surface area contributed by atoms with E-state index in [2.05, 4.69) is 28.6 Å². The number of piperazine rings is 1. The third-order valence-electron chi connectivity index (χ3n) is 3.79. The Morgan fingerprint density at radius 3 is 2.86 bits per heavy atom. The molecule has 1 aliphatic rings. The van der Waals surface area contributed by atoms with Gasteiger partial charge >= 0.3 is 0 Å². The van der Waals surface area contributed by atoms with Crippen LogP contribution in [-0.4, -0.2) is 36.1 Å². The van der Waals surface area contributed by atoms with Gasteiger partial charge in [-0.25, -0.2) is 4.98 Å². The van der Waals surface area contributed by atoms with Crippen LogP contribution in [0.15, 0.2) is 17.5 Å². The topological polar surface area (TPSA) is 28.2 Å². The Hall–Kier alpha value is -0.460. The van der Waals surface area contributed by atoms with Gasteiger partial charge in [0.2, 0.25) is 0 Å². The third-order valence-corrected chi connectivity index (χ3v) is 5.99. The standard InChI is InChI=1S/C15H20ClN3S2/c1-2-3-12(19-8-6-17-7-9-19)15-18-11(10-20-15)13-4-5-14(16)21-13/h4-5,10,12,17H,2-3,6-9H2,1H3. The smallest absolute Gasteiger partial charge is 0.111 e. The lowest BCUT2D eigenvalue weighted by Crippen LogP contribution is -2.45. The molecule has 0 saturated carbocycles. The van der Waals surface area contributed by atoms with Crippen LogP contribution in [-0.2, 0) is 0 Å². The molecule has 114 valence electrons. The summed E-state index contributed by atoms with van der Waals surface area (Å²) in [7, 11) is 0. The number of aromatic nitrogens is 1. The van der Waals surface area contributed by atoms with E-state index in [1.165, 1.54) is 17.8 Å². The first-order valence-electron chi connectivity index (χ1n) is 7.44. The van der Waals surface area contributed by atoms with E-state index in [4.69, 9.17) is 16.6 Å². The van der Waals surface area contributed by atoms with E-state index in [0.717, 1.165) is 41.1 Å². The third kappa shape index (κ3) is 3.66. The van der Waals surface area contributed by atoms with Crippen LogP contribution in [0.3, 0.4) is 0 Å². The highest BCUT2D eigenvalue weighted by molar-refractivity contribution is 7.19. The molecule has 1 aliphatic heterocycles. The molecule has 1 saturated heterocycles. The van der Waals surface area contributed by atoms with E-state index in [0.29, 0.717) is 6.04 Å². The highest BCUT2D eigenvalue weighted by atomic mass is 35.5. The minimum Gasteiger partial charge on any atom is -0.314 e. The molecular weight excluding hydrogens is 322 g/mol. The Morgan fingerprint density at radius 2 is 2.19 bits per heavy atom. The van der Waals surface area contributed by atoms with Gasteiger partial charge in [-0.2, -0.15) is 0 Å². The Labute approximate surface area is 139 Å². The maximum Gasteiger partial charge on any atom is 0.111 e. The molecule has 1 atom stereocenters. The molecule has 3 rings (SSSR count). The number of thiophene rings is 1. The van der Waals surface area contributed by atoms with Crippen molar-refractivity contribution in [3.05, 3.63) is 26.9 Å². The minimum absolute atomic E-state index is 0.464. The van der Waals surface area contributed by atoms with Gasteiger partial charge in [-0.1, -0.05) is 24.9 Å². The molecule has 0 aliphatic carbocycles. The van der Waals surface area contributed by atoms with Crippen molar-refractivity contribution in [1.29, 1.82) is 0 Å². The number of hydrogen-bond donors (Lipinski definition) is 1. The van der Waals surface area contributed by atoms with Gasteiger partial charge in [0.15, 0.2) is 0 Å². The van der Waals surface area contributed by atoms with Crippen LogP contribution in [0, 0.1) is 0 Å². The van der Waals surface area contributed by atoms with Gasteiger partial charge in [0, 0.05) is 31.6 Å². The molecule has 3 heterocycles. The maximum absolute atomic E-state index is 6.03. The summed E-state index contributed by atoms with van der Waals surface area (Å²) in [5.41, 5.74) is 1.07. The van der Waals surface area contributed by atoms with Crippen molar-refractivity contribution >= 4 is 34.3 Å². The minimum atomic E-state index is 0.464. The van der Waals surface area contributed by atoms with Gasteiger partial charge in [0.1, 0.15) is 5.01 Å². The largest absolute Gasteiger partial charge is 0.314 e. The highest BCUT2D eigenvalue weighted by Gasteiger charge is 2.24. The fraction of sp³-hybridized carbons (Fsp3) is 0.533. The molecule has 0 bridgehead atoms. The van der Waals surface area contributed by atoms with Gasteiger partial charge in [-0.15, -0.1) is 22.7 Å². The fourth-order valence-electron chi connectivity index (χ4n) is 2.74. The van der Waals surface area contributed by atoms with Crippen LogP contribution in [0.5, 0.6) is 0 Å². The molecular formula is C15H20ClN3S2. The van der Waals surface area contributed by atoms with Gasteiger partial charge in [0.25, 0.3) is 0 Å². The molecule has 21 heavy (non-hydrogen) atoms. The van der Waals surface area contributed by atoms with Crippen molar-refractivity contribution in [3.63, 3.8) is 0 Å². The second-order valence-electron chi connectivity index (χ2n) is 5.27. The summed E-state index contributed by atoms with van der Waals surface area (Å²) in [5.74, 6) is 0. The Morgan fingerprint density at radius 1 is 1.38 bits per heavy atom. The fourth-order valence-corrected chi connectivity index (χ4v) is 4.80. The van der Waals surface area contributed by atoms with E-state index in [1.54, 1.807) is 22.7 Å². The number of hydrogen-bond acceptors (Lipinski definition) is 5. The normalized spacial score (nSPS) is 18.0. The summed E-state index contributed by atoms with van der Waals surface area (Å²) in [6.07, 6.45) is 2.37. The lowest BCUT2D eigenvalue weighted by atomic mass is 10.1. The molecule has 6 heteroatoms. The van der Waals surface area contributed by atoms with Crippen LogP contribution in [0.1, 0.15) is 30.8 Å². The van der Waals surface area contributed by atoms with Gasteiger partial charge in [-0.3, -0.25) is 4.90 Å². The lowest BCUT2D eigenvalue weighted by molar-refractivity contribution is 0.164. The zero-order valence-electron chi connectivity index (χ0n) is 12.1. The number of thiazole rings is 1. The van der Waals surface area contributed by atoms with Crippen LogP contribution in [0.4, 0.5) is 0 Å². The quantitative estimate of drug-likeness (QED) is 0.880. The average Bonchev–Trinajstić information content (AvgIpc) is 3.14. The molecule has 2 aromatic rings. The average molecular weight is 342 g/mol. The van der Waals surface area contributed by atoms with Gasteiger partial charge < -0.3 is 5.32 Å². The predicted octanol–water partition coefficient (Wildman–Crippen LogP) is 4.27. The summed E-state index contributed by atoms with van der Waals surface area (Å²) in [4.78, 5) is 8.63. The van der Waals surface area contributed by atoms with Crippen molar-refractivity contribution in [2.75, 3.05) is 26.2 Å². The van der Waals surface area contributed by atoms with Crippen LogP contribution in [0.25, 0.3) is 10.6 Å². The van der Waals surface area contributed by atoms with Crippen LogP contribution >= 0.6 is 34.3 Å². The van der Waals surface area contributed by atoms with Crippen molar-refractivity contribution in [1.82, 2.24) is 15.2 Å². The first kappa shape index (κ1) is 15.4. The second kappa shape index (κ2) is 7.20. The number of halogens is 1. The Bertz CT molecular complexity index is 575. The van der Waals surface area contributed by atoms with Gasteiger partial charge in [-0.05, 0) is 18.6 Å². The molecule has 3 nitrogen and oxygen atoms in total. The summed E-state index contributed by atoms with van der Waals surface area (Å²) in [5, 5.41) is 6.84. The van der Waals surface area contributed by atoms with Crippen molar-refractivity contribution < 1.29 is 0 Å². The summed E-state index contributed by atoms with van der Waals surface area (Å²) in [6.45, 7) is 6.65. The van der Waals surface area contributed by atoms with Crippen molar-refractivity contribution in [3.8, 4) is 10.6 Å². The molecule has 1 fully saturated rings. The van der Waals surface area contributed by atoms with Crippen molar-refractivity contribution in [2.24, 2.45) is 0 Å². The lowest BCUT2D eigenvalue weighted by Gasteiger charge is -2.33. The monoisotopic (exact) mass is 341 g/mol. The zero-order valence-corrected chi connectivity index (χ0v) is 14.5. The predicted molar refractivity (Wildman–Crippen MR) is 92.5 cm³/mol. The Kier molecular flexibility index (Phi) is 5.29. The first-order chi connectivity index (χ1) is 10.3. The van der Waals surface area contributed by atoms with E-state index in [9.17, 15) is 0 Å². The molecule has 0 amide bonds. The summed E-state index contributed by atoms with van der Waals surface area (Å²) in [6, 6.07) is 4.47. The summed E-state index contributed by atoms with van der Waals surface area (Å²) >= 11 is 9.42. The number of nitrogens with one attached hydrogen (secondary N) is 1. The highest BCUT2D eigenvalue weighted by Crippen LogP contribution is 2.35. The molecule has 0 spiro atoms. The number of rotatable bonds is 5. The molecule has 2 aromatic heterocycles. The SMILES string of the molecule is CCCC(c1nc(-c2ccc(Cl)s2)cs1)N1CCNCC1. The molecule has 0 aromatic carbocycles. The second-order valence-corrected chi connectivity index (χ2v) is 7.87. The van der Waals surface area contributed by atoms with Crippen LogP contribution in [0.2, 0.25) is 4.34 Å². The van der Waals surface area contributed by atoms with E-state index in [-0.39, 0.29) is 0 Å². The number of nitrogens with zero attached hydrogens (tertiary/aromatic N) is 2. The van der Waals surface area contributed by atoms with Crippen LogP contribution < -0.4 is 5.32 Å². The summed E-state index contributed by atoms with van der Waals surface area (Å²) < 4.78 is 0.826. The first-order valence-corrected chi connectivity index (χ1v) is 9.51. The van der Waals surface area contributed by atoms with Gasteiger partial charge in [0.05, 0.1) is 20.9 Å². The Balaban J connectivity index is 1.81. The zero-order chi connectivity index (χ0) is 14.7. The van der Waals surface area contributed by atoms with E-state index < -0.39 is 0 Å². The molecule has 1 unspecified atom stereocenters.